The molecule has 3 N–H and O–H groups in total. The van der Waals surface area contributed by atoms with E-state index in [1.54, 1.807) is 24.3 Å². The largest absolute Gasteiger partial charge is 0.454 e. The highest BCUT2D eigenvalue weighted by Gasteiger charge is 2.17. The van der Waals surface area contributed by atoms with Gasteiger partial charge in [-0.2, -0.15) is 0 Å². The minimum Gasteiger partial charge on any atom is -0.454 e. The van der Waals surface area contributed by atoms with Crippen LogP contribution in [-0.4, -0.2) is 42.4 Å². The average Bonchev–Trinajstić information content (AvgIpc) is 3.36. The van der Waals surface area contributed by atoms with Gasteiger partial charge in [0.05, 0.1) is 31.0 Å². The maximum Gasteiger partial charge on any atom is 0.262 e. The second kappa shape index (κ2) is 11.0. The maximum absolute atomic E-state index is 13.1. The molecule has 1 aliphatic rings. The van der Waals surface area contributed by atoms with Crippen molar-refractivity contribution in [3.63, 3.8) is 0 Å². The molecule has 0 spiro atoms. The van der Waals surface area contributed by atoms with E-state index in [1.165, 1.54) is 15.0 Å². The standard InChI is InChI=1S/C28H28N4O4S/c1-31(16-19-6-3-2-4-7-19)13-5-12-29-26(33)21-10-8-20(9-11-21)17-32-27(34)22-14-24-25(36-18-35-24)15-23(22)30-28(32)37/h2-4,6-11,14-15H,5,12-13,16-18H2,1H3,(H,29,33)(H,30,37)/p+1. The first kappa shape index (κ1) is 24.7. The van der Waals surface area contributed by atoms with Crippen LogP contribution in [-0.2, 0) is 13.1 Å². The molecule has 4 aromatic rings. The fraction of sp³-hybridized carbons (Fsp3) is 0.250. The molecular formula is C28H29N4O4S+. The van der Waals surface area contributed by atoms with Crippen molar-refractivity contribution < 1.29 is 19.2 Å². The monoisotopic (exact) mass is 517 g/mol. The Balaban J connectivity index is 1.17. The number of hydrogen-bond donors (Lipinski definition) is 3. The van der Waals surface area contributed by atoms with Crippen molar-refractivity contribution in [3.05, 3.63) is 98.5 Å². The van der Waals surface area contributed by atoms with Crippen LogP contribution in [0.25, 0.3) is 10.9 Å². The van der Waals surface area contributed by atoms with Crippen LogP contribution in [0.3, 0.4) is 0 Å². The Labute approximate surface area is 219 Å². The Hall–Kier alpha value is -3.95. The zero-order valence-corrected chi connectivity index (χ0v) is 21.4. The molecule has 1 amide bonds. The van der Waals surface area contributed by atoms with Gasteiger partial charge in [-0.1, -0.05) is 42.5 Å². The number of amides is 1. The molecule has 1 aromatic heterocycles. The summed E-state index contributed by atoms with van der Waals surface area (Å²) in [6.45, 7) is 2.97. The first-order chi connectivity index (χ1) is 18.0. The van der Waals surface area contributed by atoms with Crippen molar-refractivity contribution in [2.75, 3.05) is 26.9 Å². The predicted molar refractivity (Wildman–Crippen MR) is 144 cm³/mol. The summed E-state index contributed by atoms with van der Waals surface area (Å²) in [5, 5.41) is 3.47. The summed E-state index contributed by atoms with van der Waals surface area (Å²) in [6, 6.07) is 21.0. The van der Waals surface area contributed by atoms with Crippen LogP contribution in [0.1, 0.15) is 27.9 Å². The van der Waals surface area contributed by atoms with Gasteiger partial charge in [-0.05, 0) is 36.0 Å². The van der Waals surface area contributed by atoms with Crippen molar-refractivity contribution >= 4 is 29.0 Å². The van der Waals surface area contributed by atoms with Gasteiger partial charge >= 0.3 is 0 Å². The molecule has 0 radical (unpaired) electrons. The smallest absolute Gasteiger partial charge is 0.262 e. The van der Waals surface area contributed by atoms with Crippen LogP contribution < -0.4 is 25.2 Å². The Morgan fingerprint density at radius 3 is 2.54 bits per heavy atom. The predicted octanol–water partition coefficient (Wildman–Crippen LogP) is 2.67. The lowest BCUT2D eigenvalue weighted by molar-refractivity contribution is -0.893. The number of carbonyl (C=O) groups is 1. The number of ether oxygens (including phenoxy) is 2. The SMILES string of the molecule is C[NH+](CCCNC(=O)c1ccc(Cn2c(=S)[nH]c3cc4c(cc3c2=O)OCO4)cc1)Cc1ccccc1. The van der Waals surface area contributed by atoms with E-state index < -0.39 is 0 Å². The number of H-pyrrole nitrogens is 1. The van der Waals surface area contributed by atoms with Gasteiger partial charge in [-0.3, -0.25) is 14.2 Å². The first-order valence-corrected chi connectivity index (χ1v) is 12.7. The maximum atomic E-state index is 13.1. The third kappa shape index (κ3) is 5.73. The van der Waals surface area contributed by atoms with Crippen molar-refractivity contribution in [1.29, 1.82) is 0 Å². The molecule has 1 aliphatic heterocycles. The fourth-order valence-corrected chi connectivity index (χ4v) is 4.71. The van der Waals surface area contributed by atoms with E-state index in [1.807, 2.05) is 18.2 Å². The van der Waals surface area contributed by atoms with Crippen molar-refractivity contribution in [2.45, 2.75) is 19.5 Å². The molecule has 0 fully saturated rings. The van der Waals surface area contributed by atoms with Gasteiger partial charge in [-0.25, -0.2) is 0 Å². The zero-order chi connectivity index (χ0) is 25.8. The molecule has 5 rings (SSSR count). The van der Waals surface area contributed by atoms with Gasteiger partial charge in [-0.15, -0.1) is 0 Å². The van der Waals surface area contributed by atoms with Crippen molar-refractivity contribution in [3.8, 4) is 11.5 Å². The van der Waals surface area contributed by atoms with E-state index in [0.29, 0.717) is 39.3 Å². The molecule has 3 aromatic carbocycles. The van der Waals surface area contributed by atoms with Crippen LogP contribution in [0.15, 0.2) is 71.5 Å². The number of carbonyl (C=O) groups excluding carboxylic acids is 1. The number of nitrogens with zero attached hydrogens (tertiary/aromatic N) is 1. The number of rotatable bonds is 9. The second-order valence-electron chi connectivity index (χ2n) is 9.25. The van der Waals surface area contributed by atoms with Gasteiger partial charge in [0.1, 0.15) is 6.54 Å². The topological polar surface area (TPSA) is 89.8 Å². The lowest BCUT2D eigenvalue weighted by atomic mass is 10.1. The highest BCUT2D eigenvalue weighted by Crippen LogP contribution is 2.34. The molecule has 0 bridgehead atoms. The first-order valence-electron chi connectivity index (χ1n) is 12.3. The molecule has 1 unspecified atom stereocenters. The fourth-order valence-electron chi connectivity index (χ4n) is 4.46. The summed E-state index contributed by atoms with van der Waals surface area (Å²) in [7, 11) is 2.16. The number of hydrogen-bond acceptors (Lipinski definition) is 5. The molecule has 190 valence electrons. The van der Waals surface area contributed by atoms with E-state index in [2.05, 4.69) is 41.6 Å². The van der Waals surface area contributed by atoms with Crippen LogP contribution in [0.2, 0.25) is 0 Å². The van der Waals surface area contributed by atoms with Crippen LogP contribution >= 0.6 is 12.2 Å². The zero-order valence-electron chi connectivity index (χ0n) is 20.6. The van der Waals surface area contributed by atoms with Crippen molar-refractivity contribution in [2.24, 2.45) is 0 Å². The summed E-state index contributed by atoms with van der Waals surface area (Å²) in [5.74, 6) is 1.02. The third-order valence-electron chi connectivity index (χ3n) is 6.45. The number of benzene rings is 3. The van der Waals surface area contributed by atoms with Crippen LogP contribution in [0.5, 0.6) is 11.5 Å². The Kier molecular flexibility index (Phi) is 7.34. The number of nitrogens with one attached hydrogen (secondary N) is 3. The molecule has 2 heterocycles. The molecule has 0 aliphatic carbocycles. The summed E-state index contributed by atoms with van der Waals surface area (Å²) < 4.78 is 12.6. The minimum absolute atomic E-state index is 0.108. The van der Waals surface area contributed by atoms with E-state index in [4.69, 9.17) is 21.7 Å². The van der Waals surface area contributed by atoms with E-state index in [9.17, 15) is 9.59 Å². The van der Waals surface area contributed by atoms with Gasteiger partial charge in [0.15, 0.2) is 16.3 Å². The van der Waals surface area contributed by atoms with Crippen molar-refractivity contribution in [1.82, 2.24) is 14.9 Å². The molecular weight excluding hydrogens is 488 g/mol. The molecule has 37 heavy (non-hydrogen) atoms. The number of quaternary nitrogens is 1. The number of aromatic amines is 1. The average molecular weight is 518 g/mol. The highest BCUT2D eigenvalue weighted by molar-refractivity contribution is 7.71. The summed E-state index contributed by atoms with van der Waals surface area (Å²) >= 11 is 5.44. The molecule has 9 heteroatoms. The molecule has 1 atom stereocenters. The summed E-state index contributed by atoms with van der Waals surface area (Å²) in [6.07, 6.45) is 0.895. The van der Waals surface area contributed by atoms with Crippen LogP contribution in [0.4, 0.5) is 0 Å². The van der Waals surface area contributed by atoms with Gasteiger partial charge in [0.25, 0.3) is 11.5 Å². The van der Waals surface area contributed by atoms with Gasteiger partial charge in [0, 0.05) is 30.2 Å². The number of fused-ring (bicyclic) bond motifs is 2. The van der Waals surface area contributed by atoms with E-state index in [-0.39, 0.29) is 24.8 Å². The quantitative estimate of drug-likeness (QED) is 0.235. The van der Waals surface area contributed by atoms with E-state index in [0.717, 1.165) is 25.1 Å². The minimum atomic E-state index is -0.210. The van der Waals surface area contributed by atoms with Gasteiger partial charge < -0.3 is 24.7 Å². The third-order valence-corrected chi connectivity index (χ3v) is 6.77. The Morgan fingerprint density at radius 1 is 1.05 bits per heavy atom. The lowest BCUT2D eigenvalue weighted by Crippen LogP contribution is -3.07. The van der Waals surface area contributed by atoms with E-state index >= 15 is 0 Å². The number of aromatic nitrogens is 2. The molecule has 8 nitrogen and oxygen atoms in total. The molecule has 0 saturated carbocycles. The summed E-state index contributed by atoms with van der Waals surface area (Å²) in [4.78, 5) is 30.2. The highest BCUT2D eigenvalue weighted by atomic mass is 32.1. The normalized spacial score (nSPS) is 13.0. The van der Waals surface area contributed by atoms with Crippen LogP contribution in [0, 0.1) is 4.77 Å². The van der Waals surface area contributed by atoms with Gasteiger partial charge in [0.2, 0.25) is 6.79 Å². The lowest BCUT2D eigenvalue weighted by Gasteiger charge is -2.14. The Bertz CT molecular complexity index is 1530. The second-order valence-corrected chi connectivity index (χ2v) is 9.64. The Morgan fingerprint density at radius 2 is 1.78 bits per heavy atom. The molecule has 0 saturated heterocycles. The summed E-state index contributed by atoms with van der Waals surface area (Å²) in [5.41, 5.74) is 3.15.